The normalized spacial score (nSPS) is 16.1. The van der Waals surface area contributed by atoms with Crippen molar-refractivity contribution in [2.75, 3.05) is 31.2 Å². The third kappa shape index (κ3) is 3.93. The van der Waals surface area contributed by atoms with Crippen LogP contribution in [0.5, 0.6) is 11.5 Å². The number of phenols is 1. The first kappa shape index (κ1) is 15.3. The minimum absolute atomic E-state index is 0.395. The lowest BCUT2D eigenvalue weighted by Gasteiger charge is -2.27. The number of phenolic OH excluding ortho intramolecular Hbond substituents is 1. The minimum Gasteiger partial charge on any atom is -0.507 e. The van der Waals surface area contributed by atoms with E-state index in [-0.39, 0.29) is 0 Å². The van der Waals surface area contributed by atoms with Crippen molar-refractivity contribution in [1.82, 2.24) is 4.90 Å². The summed E-state index contributed by atoms with van der Waals surface area (Å²) in [4.78, 5) is 2.39. The van der Waals surface area contributed by atoms with E-state index >= 15 is 0 Å². The van der Waals surface area contributed by atoms with Crippen LogP contribution >= 0.6 is 11.8 Å². The number of nitrogens with zero attached hydrogens (tertiary/aromatic N) is 1. The van der Waals surface area contributed by atoms with Crippen molar-refractivity contribution in [1.29, 1.82) is 0 Å². The van der Waals surface area contributed by atoms with E-state index in [4.69, 9.17) is 4.74 Å². The second-order valence-corrected chi connectivity index (χ2v) is 6.13. The Hall–Kier alpha value is -1.13. The van der Waals surface area contributed by atoms with Crippen molar-refractivity contribution in [3.63, 3.8) is 0 Å². The fraction of sp³-hybridized carbons (Fsp3) is 0.500. The Kier molecular flexibility index (Phi) is 5.80. The molecule has 0 spiro atoms. The molecule has 1 N–H and O–H groups in total. The van der Waals surface area contributed by atoms with E-state index in [0.717, 1.165) is 36.5 Å². The second-order valence-electron chi connectivity index (χ2n) is 4.90. The second kappa shape index (κ2) is 7.60. The molecule has 0 atom stereocenters. The lowest BCUT2D eigenvalue weighted by atomic mass is 10.0. The molecule has 0 aliphatic carbocycles. The first-order chi connectivity index (χ1) is 9.74. The number of hydrogen-bond donors (Lipinski definition) is 1. The number of thioether (sulfide) groups is 1. The molecular weight excluding hydrogens is 270 g/mol. The summed E-state index contributed by atoms with van der Waals surface area (Å²) < 4.78 is 5.61. The summed E-state index contributed by atoms with van der Waals surface area (Å²) in [5.74, 6) is 3.58. The van der Waals surface area contributed by atoms with Crippen LogP contribution in [0.15, 0.2) is 24.8 Å². The number of aromatic hydroxyl groups is 1. The van der Waals surface area contributed by atoms with E-state index in [9.17, 15) is 5.11 Å². The van der Waals surface area contributed by atoms with E-state index < -0.39 is 0 Å². The molecule has 0 radical (unpaired) electrons. The third-order valence-corrected chi connectivity index (χ3v) is 4.36. The number of allylic oxidation sites excluding steroid dienone is 1. The summed E-state index contributed by atoms with van der Waals surface area (Å²) in [5.41, 5.74) is 1.85. The molecular formula is C16H23NO2S. The van der Waals surface area contributed by atoms with E-state index in [0.29, 0.717) is 18.8 Å². The van der Waals surface area contributed by atoms with Crippen molar-refractivity contribution in [2.45, 2.75) is 19.9 Å². The number of benzene rings is 1. The van der Waals surface area contributed by atoms with Crippen LogP contribution in [-0.2, 0) is 13.0 Å². The molecule has 0 aromatic heterocycles. The van der Waals surface area contributed by atoms with Crippen LogP contribution in [0.25, 0.3) is 0 Å². The fourth-order valence-corrected chi connectivity index (χ4v) is 3.39. The quantitative estimate of drug-likeness (QED) is 0.817. The summed E-state index contributed by atoms with van der Waals surface area (Å²) in [7, 11) is 0. The van der Waals surface area contributed by atoms with Crippen LogP contribution in [0.4, 0.5) is 0 Å². The van der Waals surface area contributed by atoms with Crippen molar-refractivity contribution >= 4 is 11.8 Å². The maximum absolute atomic E-state index is 10.4. The monoisotopic (exact) mass is 293 g/mol. The Bertz CT molecular complexity index is 456. The first-order valence-corrected chi connectivity index (χ1v) is 8.28. The molecule has 20 heavy (non-hydrogen) atoms. The van der Waals surface area contributed by atoms with Crippen molar-refractivity contribution < 1.29 is 9.84 Å². The van der Waals surface area contributed by atoms with Crippen molar-refractivity contribution in [3.8, 4) is 11.5 Å². The van der Waals surface area contributed by atoms with Gasteiger partial charge in [-0.1, -0.05) is 6.08 Å². The van der Waals surface area contributed by atoms with Gasteiger partial charge >= 0.3 is 0 Å². The summed E-state index contributed by atoms with van der Waals surface area (Å²) in [6, 6.07) is 3.88. The maximum atomic E-state index is 10.4. The number of hydrogen-bond acceptors (Lipinski definition) is 4. The molecule has 1 aliphatic heterocycles. The lowest BCUT2D eigenvalue weighted by molar-refractivity contribution is 0.287. The van der Waals surface area contributed by atoms with Gasteiger partial charge in [0.15, 0.2) is 0 Å². The molecule has 1 aromatic rings. The van der Waals surface area contributed by atoms with E-state index in [1.165, 1.54) is 11.5 Å². The average Bonchev–Trinajstić information content (AvgIpc) is 2.45. The highest BCUT2D eigenvalue weighted by atomic mass is 32.2. The van der Waals surface area contributed by atoms with Gasteiger partial charge in [0.2, 0.25) is 0 Å². The van der Waals surface area contributed by atoms with Gasteiger partial charge in [0, 0.05) is 42.3 Å². The molecule has 1 saturated heterocycles. The van der Waals surface area contributed by atoms with Crippen LogP contribution in [0.3, 0.4) is 0 Å². The Morgan fingerprint density at radius 3 is 2.70 bits per heavy atom. The van der Waals surface area contributed by atoms with Gasteiger partial charge in [-0.15, -0.1) is 6.58 Å². The molecule has 1 aliphatic rings. The minimum atomic E-state index is 0.395. The predicted molar refractivity (Wildman–Crippen MR) is 85.8 cm³/mol. The molecule has 2 rings (SSSR count). The van der Waals surface area contributed by atoms with Crippen LogP contribution in [0.1, 0.15) is 18.1 Å². The largest absolute Gasteiger partial charge is 0.507 e. The summed E-state index contributed by atoms with van der Waals surface area (Å²) >= 11 is 1.99. The van der Waals surface area contributed by atoms with Crippen LogP contribution < -0.4 is 4.74 Å². The highest BCUT2D eigenvalue weighted by Crippen LogP contribution is 2.30. The van der Waals surface area contributed by atoms with Gasteiger partial charge in [-0.2, -0.15) is 11.8 Å². The standard InChI is InChI=1S/C16H23NO2S/c1-3-5-13-10-15(19-4-2)11-14(16(13)18)12-17-6-8-20-9-7-17/h3,10-11,18H,1,4-9,12H2,2H3. The number of rotatable bonds is 6. The zero-order valence-corrected chi connectivity index (χ0v) is 12.9. The molecule has 110 valence electrons. The highest BCUT2D eigenvalue weighted by molar-refractivity contribution is 7.99. The van der Waals surface area contributed by atoms with Gasteiger partial charge in [-0.3, -0.25) is 4.90 Å². The Balaban J connectivity index is 2.21. The molecule has 1 aromatic carbocycles. The smallest absolute Gasteiger partial charge is 0.123 e. The molecule has 4 heteroatoms. The zero-order valence-electron chi connectivity index (χ0n) is 12.1. The van der Waals surface area contributed by atoms with E-state index in [2.05, 4.69) is 11.5 Å². The molecule has 0 saturated carbocycles. The summed E-state index contributed by atoms with van der Waals surface area (Å²) in [6.07, 6.45) is 2.47. The molecule has 3 nitrogen and oxygen atoms in total. The topological polar surface area (TPSA) is 32.7 Å². The van der Waals surface area contributed by atoms with Gasteiger partial charge in [0.25, 0.3) is 0 Å². The average molecular weight is 293 g/mol. The number of ether oxygens (including phenoxy) is 1. The molecule has 1 fully saturated rings. The fourth-order valence-electron chi connectivity index (χ4n) is 2.41. The van der Waals surface area contributed by atoms with Crippen LogP contribution in [0, 0.1) is 0 Å². The molecule has 1 heterocycles. The molecule has 0 amide bonds. The third-order valence-electron chi connectivity index (χ3n) is 3.41. The van der Waals surface area contributed by atoms with Gasteiger partial charge in [-0.05, 0) is 25.5 Å². The highest BCUT2D eigenvalue weighted by Gasteiger charge is 2.15. The SMILES string of the molecule is C=CCc1cc(OCC)cc(CN2CCSCC2)c1O. The Labute approximate surface area is 125 Å². The summed E-state index contributed by atoms with van der Waals surface area (Å²) in [5, 5.41) is 10.4. The maximum Gasteiger partial charge on any atom is 0.123 e. The van der Waals surface area contributed by atoms with Gasteiger partial charge < -0.3 is 9.84 Å². The molecule has 0 bridgehead atoms. The van der Waals surface area contributed by atoms with Crippen molar-refractivity contribution in [2.24, 2.45) is 0 Å². The van der Waals surface area contributed by atoms with Gasteiger partial charge in [0.05, 0.1) is 6.61 Å². The van der Waals surface area contributed by atoms with E-state index in [1.54, 1.807) is 0 Å². The molecule has 0 unspecified atom stereocenters. The summed E-state index contributed by atoms with van der Waals surface area (Å²) in [6.45, 7) is 9.32. The van der Waals surface area contributed by atoms with Gasteiger partial charge in [-0.25, -0.2) is 0 Å². The van der Waals surface area contributed by atoms with E-state index in [1.807, 2.05) is 36.9 Å². The predicted octanol–water partition coefficient (Wildman–Crippen LogP) is 3.07. The van der Waals surface area contributed by atoms with Crippen molar-refractivity contribution in [3.05, 3.63) is 35.9 Å². The first-order valence-electron chi connectivity index (χ1n) is 7.13. The Morgan fingerprint density at radius 2 is 2.05 bits per heavy atom. The van der Waals surface area contributed by atoms with Crippen LogP contribution in [-0.4, -0.2) is 41.2 Å². The zero-order chi connectivity index (χ0) is 14.4. The van der Waals surface area contributed by atoms with Gasteiger partial charge in [0.1, 0.15) is 11.5 Å². The van der Waals surface area contributed by atoms with Crippen LogP contribution in [0.2, 0.25) is 0 Å². The lowest BCUT2D eigenvalue weighted by Crippen LogP contribution is -2.32. The Morgan fingerprint density at radius 1 is 1.35 bits per heavy atom.